The zero-order valence-corrected chi connectivity index (χ0v) is 8.26. The second-order valence-electron chi connectivity index (χ2n) is 2.35. The van der Waals surface area contributed by atoms with E-state index in [0.717, 1.165) is 0 Å². The van der Waals surface area contributed by atoms with E-state index in [2.05, 4.69) is 4.74 Å². The largest absolute Gasteiger partial charge is 0.465 e. The van der Waals surface area contributed by atoms with Crippen molar-refractivity contribution in [1.82, 2.24) is 0 Å². The van der Waals surface area contributed by atoms with Crippen LogP contribution < -0.4 is 0 Å². The molecule has 1 atom stereocenters. The number of halogens is 1. The fourth-order valence-corrected chi connectivity index (χ4v) is 0.971. The average Bonchev–Trinajstić information content (AvgIpc) is 2.05. The van der Waals surface area contributed by atoms with E-state index in [4.69, 9.17) is 11.6 Å². The van der Waals surface area contributed by atoms with Crippen LogP contribution in [0.3, 0.4) is 0 Å². The van der Waals surface area contributed by atoms with Crippen molar-refractivity contribution in [2.24, 2.45) is 5.92 Å². The third-order valence-electron chi connectivity index (χ3n) is 1.49. The zero-order chi connectivity index (χ0) is 10.4. The summed E-state index contributed by atoms with van der Waals surface area (Å²) in [6.07, 6.45) is 0.218. The minimum absolute atomic E-state index is 0.180. The van der Waals surface area contributed by atoms with Crippen molar-refractivity contribution in [3.05, 3.63) is 0 Å². The van der Waals surface area contributed by atoms with Crippen LogP contribution in [0, 0.1) is 5.92 Å². The van der Waals surface area contributed by atoms with Crippen molar-refractivity contribution in [3.8, 4) is 0 Å². The number of hydrogen-bond acceptors (Lipinski definition) is 4. The Morgan fingerprint density at radius 3 is 2.15 bits per heavy atom. The first-order chi connectivity index (χ1) is 6.04. The summed E-state index contributed by atoms with van der Waals surface area (Å²) in [5.41, 5.74) is 0. The molecule has 0 spiro atoms. The lowest BCUT2D eigenvalue weighted by Crippen LogP contribution is -2.29. The molecule has 0 aliphatic heterocycles. The van der Waals surface area contributed by atoms with Crippen LogP contribution in [-0.4, -0.2) is 23.6 Å². The highest BCUT2D eigenvalue weighted by Crippen LogP contribution is 2.08. The first-order valence-corrected chi connectivity index (χ1v) is 4.32. The fourth-order valence-electron chi connectivity index (χ4n) is 0.839. The predicted molar refractivity (Wildman–Crippen MR) is 46.3 cm³/mol. The van der Waals surface area contributed by atoms with Crippen LogP contribution in [0.25, 0.3) is 0 Å². The standard InChI is InChI=1S/C8H11ClO4/c1-3-5(6(10)7(9)11)8(12)13-4-2/h5H,3-4H2,1-2H3. The summed E-state index contributed by atoms with van der Waals surface area (Å²) in [5, 5.41) is -1.13. The summed E-state index contributed by atoms with van der Waals surface area (Å²) in [4.78, 5) is 32.5. The topological polar surface area (TPSA) is 60.4 Å². The highest BCUT2D eigenvalue weighted by molar-refractivity contribution is 6.81. The Bertz CT molecular complexity index is 224. The summed E-state index contributed by atoms with van der Waals surface area (Å²) in [5.74, 6) is -2.64. The number of hydrogen-bond donors (Lipinski definition) is 0. The van der Waals surface area contributed by atoms with Crippen molar-refractivity contribution in [2.45, 2.75) is 20.3 Å². The van der Waals surface area contributed by atoms with Crippen molar-refractivity contribution in [2.75, 3.05) is 6.61 Å². The fraction of sp³-hybridized carbons (Fsp3) is 0.625. The quantitative estimate of drug-likeness (QED) is 0.290. The highest BCUT2D eigenvalue weighted by Gasteiger charge is 2.29. The molecule has 0 rings (SSSR count). The molecule has 0 aliphatic carbocycles. The van der Waals surface area contributed by atoms with Gasteiger partial charge in [-0.3, -0.25) is 14.4 Å². The van der Waals surface area contributed by atoms with Crippen molar-refractivity contribution in [3.63, 3.8) is 0 Å². The summed E-state index contributed by atoms with van der Waals surface area (Å²) in [7, 11) is 0. The number of Topliss-reactive ketones (excluding diaryl/α,β-unsaturated/α-hetero) is 1. The third kappa shape index (κ3) is 3.55. The Kier molecular flexibility index (Phi) is 5.30. The summed E-state index contributed by atoms with van der Waals surface area (Å²) < 4.78 is 4.60. The molecule has 0 saturated carbocycles. The van der Waals surface area contributed by atoms with Gasteiger partial charge in [0.2, 0.25) is 5.78 Å². The Labute approximate surface area is 81.2 Å². The number of esters is 1. The SMILES string of the molecule is CCOC(=O)C(CC)C(=O)C(=O)Cl. The van der Waals surface area contributed by atoms with Gasteiger partial charge in [0.25, 0.3) is 5.24 Å². The highest BCUT2D eigenvalue weighted by atomic mass is 35.5. The van der Waals surface area contributed by atoms with Crippen LogP contribution in [0.2, 0.25) is 0 Å². The van der Waals surface area contributed by atoms with E-state index in [1.165, 1.54) is 0 Å². The Hall–Kier alpha value is -0.900. The molecule has 0 aromatic heterocycles. The van der Waals surface area contributed by atoms with E-state index in [-0.39, 0.29) is 13.0 Å². The van der Waals surface area contributed by atoms with Crippen molar-refractivity contribution < 1.29 is 19.1 Å². The molecule has 4 nitrogen and oxygen atoms in total. The first kappa shape index (κ1) is 12.1. The number of ether oxygens (including phenoxy) is 1. The van der Waals surface area contributed by atoms with Crippen LogP contribution in [0.4, 0.5) is 0 Å². The molecule has 0 heterocycles. The summed E-state index contributed by atoms with van der Waals surface area (Å²) in [6, 6.07) is 0. The number of rotatable bonds is 5. The lowest BCUT2D eigenvalue weighted by atomic mass is 10.0. The van der Waals surface area contributed by atoms with Gasteiger partial charge < -0.3 is 4.74 Å². The molecule has 1 unspecified atom stereocenters. The summed E-state index contributed by atoms with van der Waals surface area (Å²) in [6.45, 7) is 3.41. The second-order valence-corrected chi connectivity index (χ2v) is 2.69. The maximum absolute atomic E-state index is 11.1. The van der Waals surface area contributed by atoms with Gasteiger partial charge in [-0.1, -0.05) is 6.92 Å². The minimum Gasteiger partial charge on any atom is -0.465 e. The zero-order valence-electron chi connectivity index (χ0n) is 7.50. The van der Waals surface area contributed by atoms with Crippen molar-refractivity contribution in [1.29, 1.82) is 0 Å². The first-order valence-electron chi connectivity index (χ1n) is 3.94. The van der Waals surface area contributed by atoms with E-state index in [1.807, 2.05) is 0 Å². The molecule has 0 aliphatic rings. The third-order valence-corrected chi connectivity index (χ3v) is 1.68. The van der Waals surface area contributed by atoms with Crippen LogP contribution in [0.5, 0.6) is 0 Å². The molecular weight excluding hydrogens is 196 g/mol. The van der Waals surface area contributed by atoms with E-state index in [9.17, 15) is 14.4 Å². The molecule has 0 fully saturated rings. The molecular formula is C8H11ClO4. The Balaban J connectivity index is 4.41. The molecule has 0 aromatic carbocycles. The number of carbonyl (C=O) groups is 3. The van der Waals surface area contributed by atoms with Gasteiger partial charge in [-0.15, -0.1) is 0 Å². The summed E-state index contributed by atoms with van der Waals surface area (Å²) >= 11 is 4.95. The Morgan fingerprint density at radius 1 is 1.31 bits per heavy atom. The molecule has 5 heteroatoms. The van der Waals surface area contributed by atoms with E-state index < -0.39 is 22.9 Å². The van der Waals surface area contributed by atoms with Gasteiger partial charge in [-0.2, -0.15) is 0 Å². The van der Waals surface area contributed by atoms with Gasteiger partial charge >= 0.3 is 5.97 Å². The van der Waals surface area contributed by atoms with Gasteiger partial charge in [-0.25, -0.2) is 0 Å². The molecule has 0 aromatic rings. The van der Waals surface area contributed by atoms with Crippen LogP contribution >= 0.6 is 11.6 Å². The predicted octanol–water partition coefficient (Wildman–Crippen LogP) is 0.910. The van der Waals surface area contributed by atoms with Gasteiger partial charge in [0.05, 0.1) is 6.61 Å². The molecule has 0 amide bonds. The van der Waals surface area contributed by atoms with Crippen LogP contribution in [0.15, 0.2) is 0 Å². The van der Waals surface area contributed by atoms with Gasteiger partial charge in [0, 0.05) is 0 Å². The molecule has 13 heavy (non-hydrogen) atoms. The number of carbonyl (C=O) groups excluding carboxylic acids is 3. The second kappa shape index (κ2) is 5.70. The molecule has 74 valence electrons. The van der Waals surface area contributed by atoms with Gasteiger partial charge in [0.1, 0.15) is 5.92 Å². The molecule has 0 N–H and O–H groups in total. The molecule has 0 saturated heterocycles. The Morgan fingerprint density at radius 2 is 1.85 bits per heavy atom. The van der Waals surface area contributed by atoms with Gasteiger partial charge in [0.15, 0.2) is 0 Å². The van der Waals surface area contributed by atoms with E-state index in [1.54, 1.807) is 13.8 Å². The monoisotopic (exact) mass is 206 g/mol. The lowest BCUT2D eigenvalue weighted by Gasteiger charge is -2.09. The van der Waals surface area contributed by atoms with Gasteiger partial charge in [-0.05, 0) is 24.9 Å². The van der Waals surface area contributed by atoms with Crippen molar-refractivity contribution >= 4 is 28.6 Å². The van der Waals surface area contributed by atoms with Crippen LogP contribution in [-0.2, 0) is 19.1 Å². The van der Waals surface area contributed by atoms with E-state index >= 15 is 0 Å². The number of ketones is 1. The molecule has 0 radical (unpaired) electrons. The van der Waals surface area contributed by atoms with E-state index in [0.29, 0.717) is 0 Å². The maximum atomic E-state index is 11.1. The smallest absolute Gasteiger partial charge is 0.317 e. The lowest BCUT2D eigenvalue weighted by molar-refractivity contribution is -0.153. The average molecular weight is 207 g/mol. The molecule has 0 bridgehead atoms. The van der Waals surface area contributed by atoms with Crippen LogP contribution in [0.1, 0.15) is 20.3 Å². The normalized spacial score (nSPS) is 11.9. The maximum Gasteiger partial charge on any atom is 0.317 e. The minimum atomic E-state index is -1.13.